The van der Waals surface area contributed by atoms with E-state index in [9.17, 15) is 37.1 Å². The van der Waals surface area contributed by atoms with E-state index in [2.05, 4.69) is 0 Å². The Hall–Kier alpha value is -2.36. The molecule has 0 saturated heterocycles. The minimum absolute atomic E-state index is 0.0787. The monoisotopic (exact) mass is 556 g/mol. The molecule has 0 aliphatic rings. The smallest absolute Gasteiger partial charge is 0.270 e. The molecule has 0 fully saturated rings. The maximum atomic E-state index is 12.3. The van der Waals surface area contributed by atoms with E-state index < -0.39 is 47.1 Å². The first-order valence-corrected chi connectivity index (χ1v) is 13.6. The first-order valence-electron chi connectivity index (χ1n) is 9.19. The second kappa shape index (κ2) is 10.5. The van der Waals surface area contributed by atoms with Gasteiger partial charge < -0.3 is 0 Å². The van der Waals surface area contributed by atoms with Crippen LogP contribution in [-0.2, 0) is 34.2 Å². The van der Waals surface area contributed by atoms with Gasteiger partial charge in [-0.05, 0) is 36.1 Å². The molecular formula is C18H18Cl2N2O10S2. The van der Waals surface area contributed by atoms with Crippen LogP contribution in [0.15, 0.2) is 36.4 Å². The number of benzene rings is 2. The average molecular weight is 557 g/mol. The standard InChI is InChI=1S/C18H18Cl2N2O10S2/c1-33(27,28)31-9-3-8-18(32-34(2,29)30,12-4-6-14(19)16(10-12)21(23)24)13-5-7-15(20)17(11-13)22(25)26/h4-7,10-11H,3,8-9H2,1-2H3. The van der Waals surface area contributed by atoms with Crippen LogP contribution in [-0.4, -0.2) is 45.8 Å². The number of rotatable bonds is 11. The number of nitro groups is 2. The first kappa shape index (κ1) is 27.9. The van der Waals surface area contributed by atoms with Gasteiger partial charge in [0.1, 0.15) is 15.6 Å². The highest BCUT2D eigenvalue weighted by molar-refractivity contribution is 7.86. The van der Waals surface area contributed by atoms with Crippen molar-refractivity contribution in [2.24, 2.45) is 0 Å². The van der Waals surface area contributed by atoms with Crippen molar-refractivity contribution in [3.63, 3.8) is 0 Å². The van der Waals surface area contributed by atoms with Crippen molar-refractivity contribution < 1.29 is 35.0 Å². The molecule has 0 N–H and O–H groups in total. The second-order valence-corrected chi connectivity index (χ2v) is 11.1. The minimum Gasteiger partial charge on any atom is -0.270 e. The van der Waals surface area contributed by atoms with Gasteiger partial charge in [0.15, 0.2) is 0 Å². The zero-order valence-electron chi connectivity index (χ0n) is 17.6. The fourth-order valence-electron chi connectivity index (χ4n) is 3.19. The van der Waals surface area contributed by atoms with E-state index in [4.69, 9.17) is 31.6 Å². The van der Waals surface area contributed by atoms with Gasteiger partial charge in [-0.1, -0.05) is 35.3 Å². The van der Waals surface area contributed by atoms with Gasteiger partial charge in [-0.25, -0.2) is 0 Å². The lowest BCUT2D eigenvalue weighted by Gasteiger charge is -2.33. The second-order valence-electron chi connectivity index (χ2n) is 7.09. The van der Waals surface area contributed by atoms with Gasteiger partial charge in [-0.2, -0.15) is 16.8 Å². The van der Waals surface area contributed by atoms with E-state index in [-0.39, 0.29) is 40.6 Å². The minimum atomic E-state index is -4.29. The number of hydrogen-bond acceptors (Lipinski definition) is 10. The quantitative estimate of drug-likeness (QED) is 0.171. The Morgan fingerprint density at radius 2 is 1.29 bits per heavy atom. The van der Waals surface area contributed by atoms with Crippen molar-refractivity contribution in [3.05, 3.63) is 77.8 Å². The van der Waals surface area contributed by atoms with Crippen LogP contribution < -0.4 is 0 Å². The fourth-order valence-corrected chi connectivity index (χ4v) is 4.78. The Bertz CT molecular complexity index is 1270. The summed E-state index contributed by atoms with van der Waals surface area (Å²) in [4.78, 5) is 21.3. The highest BCUT2D eigenvalue weighted by Crippen LogP contribution is 2.44. The van der Waals surface area contributed by atoms with Crippen LogP contribution in [0.1, 0.15) is 24.0 Å². The molecule has 0 unspecified atom stereocenters. The summed E-state index contributed by atoms with van der Waals surface area (Å²) in [6.45, 7) is -0.390. The van der Waals surface area contributed by atoms with Gasteiger partial charge in [-0.15, -0.1) is 0 Å². The highest BCUT2D eigenvalue weighted by atomic mass is 35.5. The maximum absolute atomic E-state index is 12.3. The molecule has 2 aromatic rings. The Labute approximate surface area is 204 Å². The van der Waals surface area contributed by atoms with E-state index in [1.807, 2.05) is 0 Å². The SMILES string of the molecule is CS(=O)(=O)OCCCC(OS(C)(=O)=O)(c1ccc(Cl)c([N+](=O)[O-])c1)c1ccc(Cl)c([N+](=O)[O-])c1. The summed E-state index contributed by atoms with van der Waals surface area (Å²) in [7, 11) is -8.12. The summed E-state index contributed by atoms with van der Waals surface area (Å²) in [5.41, 5.74) is -3.36. The predicted octanol–water partition coefficient (Wildman–Crippen LogP) is 3.79. The van der Waals surface area contributed by atoms with E-state index in [0.29, 0.717) is 0 Å². The Balaban J connectivity index is 2.81. The zero-order valence-corrected chi connectivity index (χ0v) is 20.8. The molecule has 186 valence electrons. The van der Waals surface area contributed by atoms with Gasteiger partial charge in [-0.3, -0.25) is 28.6 Å². The molecule has 16 heteroatoms. The molecule has 0 spiro atoms. The molecule has 0 radical (unpaired) electrons. The molecule has 2 rings (SSSR count). The van der Waals surface area contributed by atoms with E-state index in [1.54, 1.807) is 0 Å². The van der Waals surface area contributed by atoms with E-state index in [0.717, 1.165) is 36.8 Å². The average Bonchev–Trinajstić information content (AvgIpc) is 2.69. The number of hydrogen-bond donors (Lipinski definition) is 0. The summed E-state index contributed by atoms with van der Waals surface area (Å²) in [5.74, 6) is 0. The predicted molar refractivity (Wildman–Crippen MR) is 123 cm³/mol. The van der Waals surface area contributed by atoms with Crippen LogP contribution in [0.3, 0.4) is 0 Å². The van der Waals surface area contributed by atoms with Crippen LogP contribution >= 0.6 is 23.2 Å². The zero-order chi connectivity index (χ0) is 25.9. The van der Waals surface area contributed by atoms with Crippen molar-refractivity contribution >= 4 is 54.8 Å². The number of halogens is 2. The molecule has 0 bridgehead atoms. The molecule has 0 amide bonds. The summed E-state index contributed by atoms with van der Waals surface area (Å²) < 4.78 is 57.3. The lowest BCUT2D eigenvalue weighted by Crippen LogP contribution is -2.34. The lowest BCUT2D eigenvalue weighted by atomic mass is 9.82. The molecule has 0 aliphatic heterocycles. The molecule has 0 saturated carbocycles. The van der Waals surface area contributed by atoms with Gasteiger partial charge in [0.05, 0.1) is 29.0 Å². The summed E-state index contributed by atoms with van der Waals surface area (Å²) in [6.07, 6.45) is 1.10. The molecule has 0 heterocycles. The Morgan fingerprint density at radius 3 is 1.65 bits per heavy atom. The third kappa shape index (κ3) is 7.07. The maximum Gasteiger partial charge on any atom is 0.288 e. The molecule has 12 nitrogen and oxygen atoms in total. The van der Waals surface area contributed by atoms with E-state index >= 15 is 0 Å². The van der Waals surface area contributed by atoms with Gasteiger partial charge in [0.25, 0.3) is 31.6 Å². The van der Waals surface area contributed by atoms with E-state index in [1.165, 1.54) is 12.1 Å². The number of nitrogens with zero attached hydrogens (tertiary/aromatic N) is 2. The summed E-state index contributed by atoms with van der Waals surface area (Å²) in [5, 5.41) is 22.4. The number of nitro benzene ring substituents is 2. The summed E-state index contributed by atoms with van der Waals surface area (Å²) in [6, 6.07) is 6.77. The van der Waals surface area contributed by atoms with Crippen molar-refractivity contribution in [1.29, 1.82) is 0 Å². The third-order valence-corrected chi connectivity index (χ3v) is 6.30. The normalized spacial score (nSPS) is 12.5. The van der Waals surface area contributed by atoms with Crippen LogP contribution in [0.2, 0.25) is 10.0 Å². The lowest BCUT2D eigenvalue weighted by molar-refractivity contribution is -0.384. The van der Waals surface area contributed by atoms with Gasteiger partial charge in [0, 0.05) is 12.1 Å². The highest BCUT2D eigenvalue weighted by Gasteiger charge is 2.41. The van der Waals surface area contributed by atoms with Crippen LogP contribution in [0.5, 0.6) is 0 Å². The molecular weight excluding hydrogens is 539 g/mol. The van der Waals surface area contributed by atoms with Crippen LogP contribution in [0, 0.1) is 20.2 Å². The first-order chi connectivity index (χ1) is 15.6. The van der Waals surface area contributed by atoms with Gasteiger partial charge in [0.2, 0.25) is 0 Å². The summed E-state index contributed by atoms with van der Waals surface area (Å²) >= 11 is 11.8. The van der Waals surface area contributed by atoms with Crippen molar-refractivity contribution in [2.45, 2.75) is 18.4 Å². The van der Waals surface area contributed by atoms with Crippen molar-refractivity contribution in [3.8, 4) is 0 Å². The Kier molecular flexibility index (Phi) is 8.61. The van der Waals surface area contributed by atoms with Crippen molar-refractivity contribution in [1.82, 2.24) is 0 Å². The van der Waals surface area contributed by atoms with Gasteiger partial charge >= 0.3 is 0 Å². The Morgan fingerprint density at radius 1 is 0.853 bits per heavy atom. The molecule has 0 aromatic heterocycles. The topological polar surface area (TPSA) is 173 Å². The molecule has 0 aliphatic carbocycles. The molecule has 34 heavy (non-hydrogen) atoms. The third-order valence-electron chi connectivity index (χ3n) is 4.48. The van der Waals surface area contributed by atoms with Crippen LogP contribution in [0.4, 0.5) is 11.4 Å². The van der Waals surface area contributed by atoms with Crippen molar-refractivity contribution in [2.75, 3.05) is 19.1 Å². The molecule has 0 atom stereocenters. The van der Waals surface area contributed by atoms with Crippen LogP contribution in [0.25, 0.3) is 0 Å². The largest absolute Gasteiger partial charge is 0.288 e. The fraction of sp³-hybridized carbons (Fsp3) is 0.333. The molecule has 2 aromatic carbocycles.